The molecule has 0 aliphatic carbocycles. The van der Waals surface area contributed by atoms with Gasteiger partial charge in [0.05, 0.1) is 66.5 Å². The first-order valence-electron chi connectivity index (χ1n) is 48.0. The second kappa shape index (κ2) is 31.1. The zero-order valence-corrected chi connectivity index (χ0v) is 76.5. The Hall–Kier alpha value is -18.8. The lowest BCUT2D eigenvalue weighted by Crippen LogP contribution is -2.26. The van der Waals surface area contributed by atoms with Crippen LogP contribution in [-0.4, -0.2) is 47.8 Å². The molecule has 0 atom stereocenters. The highest BCUT2D eigenvalue weighted by molar-refractivity contribution is 6.27. The Morgan fingerprint density at radius 2 is 0.511 bits per heavy atom. The van der Waals surface area contributed by atoms with Gasteiger partial charge in [-0.25, -0.2) is 29.9 Å². The fraction of sp³-hybridized carbons (Fsp3) is 0.0233. The summed E-state index contributed by atoms with van der Waals surface area (Å²) >= 11 is 0. The molecule has 0 saturated carbocycles. The van der Waals surface area contributed by atoms with E-state index in [0.29, 0.717) is 28.6 Å². The van der Waals surface area contributed by atoms with E-state index < -0.39 is 0 Å². The third kappa shape index (κ3) is 12.3. The SMILES string of the molecule is CC1(C)c2ccccc2-n2c3ccccc3c3cc(-c4ccc5c(c4)c4nc(-c6ccccc6)nc(-c6ccccc6)c4n5-c4ccccc4)cc1c32.c1ccc(-c2nc(-c3ccccc3)c3oc4ccc(-c5cc6c7ccccc7n7c8ccccc8c(c5)c67)cc4c3n2)cc1.c1ccc(-c2nc(-c3ccccc3)c3oc4ccc(-c5cc6c7ccccc7n7c8ccccc8c(c5)c67)cc4c3n2)cc1. The van der Waals surface area contributed by atoms with Gasteiger partial charge in [0.2, 0.25) is 0 Å². The van der Waals surface area contributed by atoms with Gasteiger partial charge in [-0.2, -0.15) is 0 Å². The summed E-state index contributed by atoms with van der Waals surface area (Å²) in [5, 5.41) is 15.7. The van der Waals surface area contributed by atoms with Crippen molar-refractivity contribution in [3.8, 4) is 113 Å². The molecule has 11 aromatic heterocycles. The highest BCUT2D eigenvalue weighted by Crippen LogP contribution is 2.53. The van der Waals surface area contributed by atoms with Crippen LogP contribution in [0.25, 0.3) is 277 Å². The van der Waals surface area contributed by atoms with E-state index >= 15 is 0 Å². The average molecular weight is 1800 g/mol. The van der Waals surface area contributed by atoms with E-state index in [9.17, 15) is 0 Å². The molecule has 12 heterocycles. The summed E-state index contributed by atoms with van der Waals surface area (Å²) in [6, 6.07) is 159. The summed E-state index contributed by atoms with van der Waals surface area (Å²) in [4.78, 5) is 30.9. The molecule has 0 radical (unpaired) electrons. The predicted molar refractivity (Wildman–Crippen MR) is 580 cm³/mol. The van der Waals surface area contributed by atoms with Gasteiger partial charge in [0.25, 0.3) is 0 Å². The van der Waals surface area contributed by atoms with Gasteiger partial charge in [-0.1, -0.05) is 341 Å². The monoisotopic (exact) mass is 1800 g/mol. The Morgan fingerprint density at radius 3 is 0.943 bits per heavy atom. The number of rotatable bonds is 10. The van der Waals surface area contributed by atoms with Crippen LogP contribution >= 0.6 is 0 Å². The number of para-hydroxylation sites is 7. The highest BCUT2D eigenvalue weighted by atomic mass is 16.3. The molecule has 0 bridgehead atoms. The number of hydrogen-bond donors (Lipinski definition) is 0. The van der Waals surface area contributed by atoms with Crippen LogP contribution in [0.15, 0.2) is 458 Å². The average Bonchev–Trinajstić information content (AvgIpc) is 1.55. The summed E-state index contributed by atoms with van der Waals surface area (Å²) in [6.45, 7) is 4.74. The number of aromatic nitrogens is 10. The lowest BCUT2D eigenvalue weighted by molar-refractivity contribution is 0.630. The maximum Gasteiger partial charge on any atom is 0.180 e. The lowest BCUT2D eigenvalue weighted by atomic mass is 9.74. The normalized spacial score (nSPS) is 12.5. The van der Waals surface area contributed by atoms with Crippen LogP contribution in [0, 0.1) is 0 Å². The summed E-state index contributed by atoms with van der Waals surface area (Å²) in [5.74, 6) is 2.08. The second-order valence-corrected chi connectivity index (χ2v) is 37.5. The number of hydrogen-bond acceptors (Lipinski definition) is 8. The van der Waals surface area contributed by atoms with Crippen LogP contribution in [0.1, 0.15) is 25.0 Å². The van der Waals surface area contributed by atoms with Crippen molar-refractivity contribution in [3.05, 3.63) is 460 Å². The van der Waals surface area contributed by atoms with Crippen molar-refractivity contribution in [1.29, 1.82) is 0 Å². The van der Waals surface area contributed by atoms with Crippen LogP contribution in [0.5, 0.6) is 0 Å². The van der Waals surface area contributed by atoms with Crippen molar-refractivity contribution in [2.24, 2.45) is 0 Å². The molecule has 0 saturated heterocycles. The first-order valence-corrected chi connectivity index (χ1v) is 48.0. The molecule has 30 aromatic rings. The summed E-state index contributed by atoms with van der Waals surface area (Å²) < 4.78 is 22.7. The van der Waals surface area contributed by atoms with Gasteiger partial charge in [0, 0.05) is 115 Å². The summed E-state index contributed by atoms with van der Waals surface area (Å²) in [5.41, 5.74) is 38.0. The first kappa shape index (κ1) is 79.6. The van der Waals surface area contributed by atoms with E-state index in [-0.39, 0.29) is 5.41 Å². The van der Waals surface area contributed by atoms with E-state index in [2.05, 4.69) is 402 Å². The topological polar surface area (TPSA) is 122 Å². The molecule has 0 spiro atoms. The molecule has 19 aromatic carbocycles. The Balaban J connectivity index is 0.000000102. The zero-order valence-electron chi connectivity index (χ0n) is 76.5. The Labute approximate surface area is 807 Å². The Bertz CT molecular complexity index is 9790. The van der Waals surface area contributed by atoms with Gasteiger partial charge in [-0.05, 0) is 166 Å². The molecule has 658 valence electrons. The minimum absolute atomic E-state index is 0.189. The molecule has 0 N–H and O–H groups in total. The molecule has 1 aliphatic heterocycles. The van der Waals surface area contributed by atoms with Gasteiger partial charge in [-0.3, -0.25) is 0 Å². The van der Waals surface area contributed by atoms with E-state index in [1.165, 1.54) is 132 Å². The van der Waals surface area contributed by atoms with Gasteiger partial charge in [0.15, 0.2) is 28.6 Å². The molecule has 0 amide bonds. The number of fused-ring (bicyclic) bond motifs is 26. The third-order valence-electron chi connectivity index (χ3n) is 29.1. The largest absolute Gasteiger partial charge is 0.452 e. The predicted octanol–water partition coefficient (Wildman–Crippen LogP) is 33.4. The summed E-state index contributed by atoms with van der Waals surface area (Å²) in [6.07, 6.45) is 0. The number of benzene rings is 19. The van der Waals surface area contributed by atoms with E-state index in [1.807, 2.05) is 78.9 Å². The van der Waals surface area contributed by atoms with Crippen LogP contribution in [0.3, 0.4) is 0 Å². The number of nitrogens with zero attached hydrogens (tertiary/aromatic N) is 10. The van der Waals surface area contributed by atoms with Gasteiger partial charge >= 0.3 is 0 Å². The molecule has 12 heteroatoms. The Morgan fingerprint density at radius 1 is 0.199 bits per heavy atom. The number of furan rings is 2. The molecule has 0 unspecified atom stereocenters. The maximum atomic E-state index is 6.51. The molecule has 1 aliphatic rings. The third-order valence-corrected chi connectivity index (χ3v) is 29.1. The van der Waals surface area contributed by atoms with Crippen molar-refractivity contribution in [1.82, 2.24) is 47.8 Å². The van der Waals surface area contributed by atoms with Crippen LogP contribution in [0.4, 0.5) is 0 Å². The maximum absolute atomic E-state index is 6.51. The van der Waals surface area contributed by atoms with E-state index in [4.69, 9.17) is 38.7 Å². The molecule has 12 nitrogen and oxygen atoms in total. The molecule has 31 rings (SSSR count). The molecule has 0 fully saturated rings. The first-order chi connectivity index (χ1) is 69.7. The van der Waals surface area contributed by atoms with Gasteiger partial charge < -0.3 is 26.8 Å². The minimum Gasteiger partial charge on any atom is -0.452 e. The fourth-order valence-electron chi connectivity index (χ4n) is 22.7. The molecular weight excluding hydrogens is 1720 g/mol. The summed E-state index contributed by atoms with van der Waals surface area (Å²) in [7, 11) is 0. The van der Waals surface area contributed by atoms with E-state index in [1.54, 1.807) is 0 Å². The minimum atomic E-state index is -0.189. The highest BCUT2D eigenvalue weighted by Gasteiger charge is 2.37. The second-order valence-electron chi connectivity index (χ2n) is 37.5. The molecular formula is C129H80N10O2. The standard InChI is InChI=1S/C49H34N4.2C40H23N3O/c1-49(2)39-23-13-15-25-43(39)53-41-24-14-12-22-36(41)37-29-34(30-40(49)46(37)53)33-26-27-42-38(28-33)45-47(52(42)35-20-10-5-11-21-35)44(31-16-6-3-7-17-31)50-48(51-45)32-18-8-4-9-19-32;2*1-3-11-24(12-4-1)36-39-37(42-40(41-36)25-13-5-2-6-14-25)32-21-26(19-20-35(32)44-39)27-22-30-28-15-7-9-17-33(28)43-34-18-10-8-16-29(34)31(23-27)38(30)43/h3-30H,1-2H3;2*1-23H. The lowest BCUT2D eigenvalue weighted by Gasteiger charge is -2.35. The van der Waals surface area contributed by atoms with Crippen LogP contribution in [0.2, 0.25) is 0 Å². The van der Waals surface area contributed by atoms with Gasteiger partial charge in [-0.15, -0.1) is 0 Å². The van der Waals surface area contributed by atoms with Crippen molar-refractivity contribution in [2.45, 2.75) is 19.3 Å². The quantitative estimate of drug-likeness (QED) is 0.133. The van der Waals surface area contributed by atoms with Crippen molar-refractivity contribution >= 4 is 164 Å². The smallest absolute Gasteiger partial charge is 0.180 e. The van der Waals surface area contributed by atoms with Crippen molar-refractivity contribution in [2.75, 3.05) is 0 Å². The zero-order chi connectivity index (χ0) is 92.8. The van der Waals surface area contributed by atoms with Gasteiger partial charge in [0.1, 0.15) is 39.1 Å². The van der Waals surface area contributed by atoms with Crippen molar-refractivity contribution in [3.63, 3.8) is 0 Å². The Kier molecular flexibility index (Phi) is 17.6. The molecule has 141 heavy (non-hydrogen) atoms. The van der Waals surface area contributed by atoms with Crippen LogP contribution < -0.4 is 0 Å². The van der Waals surface area contributed by atoms with Crippen molar-refractivity contribution < 1.29 is 8.83 Å². The fourth-order valence-corrected chi connectivity index (χ4v) is 22.7. The van der Waals surface area contributed by atoms with Crippen LogP contribution in [-0.2, 0) is 5.41 Å². The van der Waals surface area contributed by atoms with E-state index in [0.717, 1.165) is 128 Å².